The molecule has 0 aliphatic heterocycles. The lowest BCUT2D eigenvalue weighted by atomic mass is 10.1. The minimum atomic E-state index is -4.66. The molecule has 0 unspecified atom stereocenters. The maximum absolute atomic E-state index is 13.0. The number of nitrogens with zero attached hydrogens (tertiary/aromatic N) is 3. The average molecular weight is 219 g/mol. The number of alkyl halides is 3. The third kappa shape index (κ3) is 2.38. The summed E-state index contributed by atoms with van der Waals surface area (Å²) in [4.78, 5) is 2.29. The van der Waals surface area contributed by atoms with Crippen molar-refractivity contribution in [3.63, 3.8) is 0 Å². The molecule has 0 atom stereocenters. The van der Waals surface area contributed by atoms with Gasteiger partial charge in [0.25, 0.3) is 0 Å². The number of hydrogen-bond donors (Lipinski definition) is 0. The molecular formula is C8H5F4N3. The van der Waals surface area contributed by atoms with Crippen LogP contribution in [0.2, 0.25) is 0 Å². The minimum Gasteiger partial charge on any atom is -0.207 e. The van der Waals surface area contributed by atoms with Crippen LogP contribution in [0.15, 0.2) is 17.2 Å². The molecule has 0 saturated heterocycles. The van der Waals surface area contributed by atoms with E-state index in [1.165, 1.54) is 0 Å². The van der Waals surface area contributed by atoms with Gasteiger partial charge in [-0.1, -0.05) is 5.11 Å². The third-order valence-corrected chi connectivity index (χ3v) is 1.79. The second kappa shape index (κ2) is 3.78. The van der Waals surface area contributed by atoms with Crippen LogP contribution in [0.1, 0.15) is 11.1 Å². The standard InChI is InChI=1S/C8H5F4N3/c1-4-6(8(10,11)12)2-5(14-15-13)3-7(4)9/h2-3H,1H3. The summed E-state index contributed by atoms with van der Waals surface area (Å²) in [7, 11) is 0. The maximum Gasteiger partial charge on any atom is 0.416 e. The Hall–Kier alpha value is -1.75. The number of halogens is 4. The number of azide groups is 1. The summed E-state index contributed by atoms with van der Waals surface area (Å²) < 4.78 is 50.1. The topological polar surface area (TPSA) is 48.8 Å². The normalized spacial score (nSPS) is 11.0. The number of rotatable bonds is 1. The second-order valence-electron chi connectivity index (χ2n) is 2.79. The molecular weight excluding hydrogens is 214 g/mol. The third-order valence-electron chi connectivity index (χ3n) is 1.79. The fourth-order valence-corrected chi connectivity index (χ4v) is 1.07. The van der Waals surface area contributed by atoms with Gasteiger partial charge in [-0.05, 0) is 30.2 Å². The zero-order chi connectivity index (χ0) is 11.6. The molecule has 7 heteroatoms. The Morgan fingerprint density at radius 1 is 1.33 bits per heavy atom. The first-order valence-electron chi connectivity index (χ1n) is 3.78. The first kappa shape index (κ1) is 11.3. The molecule has 0 heterocycles. The van der Waals surface area contributed by atoms with Crippen molar-refractivity contribution in [1.82, 2.24) is 0 Å². The molecule has 0 fully saturated rings. The molecule has 1 aromatic rings. The van der Waals surface area contributed by atoms with E-state index in [1.54, 1.807) is 0 Å². The van der Waals surface area contributed by atoms with Crippen LogP contribution < -0.4 is 0 Å². The van der Waals surface area contributed by atoms with E-state index in [4.69, 9.17) is 5.53 Å². The smallest absolute Gasteiger partial charge is 0.207 e. The second-order valence-corrected chi connectivity index (χ2v) is 2.79. The van der Waals surface area contributed by atoms with Gasteiger partial charge in [-0.15, -0.1) is 0 Å². The van der Waals surface area contributed by atoms with Crippen molar-refractivity contribution in [2.75, 3.05) is 0 Å². The predicted molar refractivity (Wildman–Crippen MR) is 44.9 cm³/mol. The van der Waals surface area contributed by atoms with Gasteiger partial charge in [0.05, 0.1) is 5.56 Å². The molecule has 0 bridgehead atoms. The van der Waals surface area contributed by atoms with Crippen LogP contribution in [0.4, 0.5) is 23.2 Å². The summed E-state index contributed by atoms with van der Waals surface area (Å²) in [5, 5.41) is 2.92. The van der Waals surface area contributed by atoms with Crippen molar-refractivity contribution in [3.05, 3.63) is 39.5 Å². The molecule has 0 N–H and O–H groups in total. The van der Waals surface area contributed by atoms with Crippen molar-refractivity contribution in [2.45, 2.75) is 13.1 Å². The molecule has 0 aliphatic carbocycles. The Morgan fingerprint density at radius 3 is 2.40 bits per heavy atom. The van der Waals surface area contributed by atoms with Crippen LogP contribution in [0.5, 0.6) is 0 Å². The molecule has 0 aliphatic rings. The summed E-state index contributed by atoms with van der Waals surface area (Å²) >= 11 is 0. The maximum atomic E-state index is 13.0. The van der Waals surface area contributed by atoms with Gasteiger partial charge in [-0.2, -0.15) is 13.2 Å². The molecule has 0 saturated carbocycles. The highest BCUT2D eigenvalue weighted by molar-refractivity contribution is 5.45. The van der Waals surface area contributed by atoms with Gasteiger partial charge in [-0.25, -0.2) is 4.39 Å². The van der Waals surface area contributed by atoms with Gasteiger partial charge >= 0.3 is 6.18 Å². The van der Waals surface area contributed by atoms with E-state index in [2.05, 4.69) is 10.0 Å². The van der Waals surface area contributed by atoms with Crippen LogP contribution in [-0.2, 0) is 6.18 Å². The Balaban J connectivity index is 3.44. The Bertz CT molecular complexity index is 432. The van der Waals surface area contributed by atoms with Crippen molar-refractivity contribution in [3.8, 4) is 0 Å². The predicted octanol–water partition coefficient (Wildman–Crippen LogP) is 4.09. The lowest BCUT2D eigenvalue weighted by Crippen LogP contribution is -2.08. The van der Waals surface area contributed by atoms with Crippen molar-refractivity contribution < 1.29 is 17.6 Å². The minimum absolute atomic E-state index is 0.395. The summed E-state index contributed by atoms with van der Waals surface area (Å²) in [6.07, 6.45) is -4.66. The van der Waals surface area contributed by atoms with Crippen molar-refractivity contribution >= 4 is 5.69 Å². The molecule has 0 radical (unpaired) electrons. The summed E-state index contributed by atoms with van der Waals surface area (Å²) in [6, 6.07) is 1.36. The quantitative estimate of drug-likeness (QED) is 0.295. The van der Waals surface area contributed by atoms with E-state index in [9.17, 15) is 17.6 Å². The SMILES string of the molecule is Cc1c(F)cc(N=[N+]=[N-])cc1C(F)(F)F. The highest BCUT2D eigenvalue weighted by Gasteiger charge is 2.33. The summed E-state index contributed by atoms with van der Waals surface area (Å²) in [5.41, 5.74) is 5.98. The molecule has 0 spiro atoms. The Labute approximate surface area is 82.0 Å². The monoisotopic (exact) mass is 219 g/mol. The van der Waals surface area contributed by atoms with Crippen LogP contribution in [-0.4, -0.2) is 0 Å². The largest absolute Gasteiger partial charge is 0.416 e. The van der Waals surface area contributed by atoms with Gasteiger partial charge in [-0.3, -0.25) is 0 Å². The molecule has 80 valence electrons. The van der Waals surface area contributed by atoms with Gasteiger partial charge in [0, 0.05) is 10.6 Å². The number of benzene rings is 1. The van der Waals surface area contributed by atoms with E-state index in [0.717, 1.165) is 13.0 Å². The Kier molecular flexibility index (Phi) is 2.85. The van der Waals surface area contributed by atoms with E-state index in [1.807, 2.05) is 0 Å². The van der Waals surface area contributed by atoms with E-state index in [-0.39, 0.29) is 0 Å². The van der Waals surface area contributed by atoms with E-state index >= 15 is 0 Å². The number of hydrogen-bond acceptors (Lipinski definition) is 1. The Morgan fingerprint density at radius 2 is 1.93 bits per heavy atom. The molecule has 1 aromatic carbocycles. The molecule has 3 nitrogen and oxygen atoms in total. The van der Waals surface area contributed by atoms with Gasteiger partial charge in [0.15, 0.2) is 0 Å². The van der Waals surface area contributed by atoms with Crippen molar-refractivity contribution in [1.29, 1.82) is 0 Å². The van der Waals surface area contributed by atoms with Gasteiger partial charge in [0.1, 0.15) is 5.82 Å². The van der Waals surface area contributed by atoms with Crippen LogP contribution >= 0.6 is 0 Å². The van der Waals surface area contributed by atoms with Crippen LogP contribution in [0, 0.1) is 12.7 Å². The highest BCUT2D eigenvalue weighted by atomic mass is 19.4. The van der Waals surface area contributed by atoms with Gasteiger partial charge in [0.2, 0.25) is 0 Å². The van der Waals surface area contributed by atoms with Gasteiger partial charge < -0.3 is 0 Å². The average Bonchev–Trinajstić information content (AvgIpc) is 2.09. The molecule has 0 amide bonds. The fourth-order valence-electron chi connectivity index (χ4n) is 1.07. The molecule has 15 heavy (non-hydrogen) atoms. The van der Waals surface area contributed by atoms with E-state index < -0.39 is 28.8 Å². The van der Waals surface area contributed by atoms with Crippen molar-refractivity contribution in [2.24, 2.45) is 5.11 Å². The lowest BCUT2D eigenvalue weighted by molar-refractivity contribution is -0.138. The zero-order valence-corrected chi connectivity index (χ0v) is 7.51. The first-order valence-corrected chi connectivity index (χ1v) is 3.78. The summed E-state index contributed by atoms with van der Waals surface area (Å²) in [6.45, 7) is 1.01. The zero-order valence-electron chi connectivity index (χ0n) is 7.51. The lowest BCUT2D eigenvalue weighted by Gasteiger charge is -2.11. The van der Waals surface area contributed by atoms with Crippen LogP contribution in [0.25, 0.3) is 10.4 Å². The summed E-state index contributed by atoms with van der Waals surface area (Å²) in [5.74, 6) is -1.05. The molecule has 0 aromatic heterocycles. The fraction of sp³-hybridized carbons (Fsp3) is 0.250. The van der Waals surface area contributed by atoms with Crippen LogP contribution in [0.3, 0.4) is 0 Å². The highest BCUT2D eigenvalue weighted by Crippen LogP contribution is 2.35. The molecule has 1 rings (SSSR count). The first-order chi connectivity index (χ1) is 6.86. The van der Waals surface area contributed by atoms with E-state index in [0.29, 0.717) is 6.07 Å².